The molecule has 0 spiro atoms. The predicted octanol–water partition coefficient (Wildman–Crippen LogP) is 3.48. The summed E-state index contributed by atoms with van der Waals surface area (Å²) in [6, 6.07) is 13.9. The second-order valence-electron chi connectivity index (χ2n) is 9.69. The van der Waals surface area contributed by atoms with E-state index in [1.165, 1.54) is 23.2 Å². The molecule has 0 bridgehead atoms. The molecule has 0 aliphatic heterocycles. The first-order valence-corrected chi connectivity index (χ1v) is 11.9. The Hall–Kier alpha value is -2.97. The lowest BCUT2D eigenvalue weighted by molar-refractivity contribution is -0.868. The van der Waals surface area contributed by atoms with Gasteiger partial charge >= 0.3 is 5.97 Å². The number of fused-ring (bicyclic) bond motifs is 2. The second kappa shape index (κ2) is 8.76. The third kappa shape index (κ3) is 5.02. The summed E-state index contributed by atoms with van der Waals surface area (Å²) >= 11 is 1.45. The molecule has 0 fully saturated rings. The Bertz CT molecular complexity index is 1170. The van der Waals surface area contributed by atoms with Gasteiger partial charge in [-0.15, -0.1) is 0 Å². The van der Waals surface area contributed by atoms with Gasteiger partial charge in [0, 0.05) is 32.5 Å². The lowest BCUT2D eigenvalue weighted by Crippen LogP contribution is -2.51. The van der Waals surface area contributed by atoms with Crippen LogP contribution in [0.15, 0.2) is 42.5 Å². The number of quaternary nitrogens is 1. The largest absolute Gasteiger partial charge is 0.448 e. The van der Waals surface area contributed by atoms with Crippen molar-refractivity contribution in [1.82, 2.24) is 4.98 Å². The molecule has 0 saturated carbocycles. The maximum Gasteiger partial charge on any atom is 0.303 e. The van der Waals surface area contributed by atoms with Crippen molar-refractivity contribution in [3.63, 3.8) is 0 Å². The number of anilines is 2. The van der Waals surface area contributed by atoms with Crippen LogP contribution in [0.25, 0.3) is 10.2 Å². The zero-order valence-corrected chi connectivity index (χ0v) is 20.7. The highest BCUT2D eigenvalue weighted by Crippen LogP contribution is 2.37. The van der Waals surface area contributed by atoms with Gasteiger partial charge in [0.15, 0.2) is 10.7 Å². The molecule has 0 radical (unpaired) electrons. The lowest BCUT2D eigenvalue weighted by atomic mass is 9.98. The molecule has 4 rings (SSSR count). The van der Waals surface area contributed by atoms with E-state index < -0.39 is 11.6 Å². The number of esters is 1. The van der Waals surface area contributed by atoms with Gasteiger partial charge < -0.3 is 14.5 Å². The fourth-order valence-corrected chi connectivity index (χ4v) is 5.12. The first-order chi connectivity index (χ1) is 15.6. The van der Waals surface area contributed by atoms with Crippen LogP contribution in [0.5, 0.6) is 0 Å². The van der Waals surface area contributed by atoms with E-state index in [0.717, 1.165) is 44.6 Å². The van der Waals surface area contributed by atoms with Crippen LogP contribution in [-0.2, 0) is 27.2 Å². The summed E-state index contributed by atoms with van der Waals surface area (Å²) in [6.45, 7) is 3.21. The number of thiazole rings is 1. The minimum atomic E-state index is -1.24. The highest BCUT2D eigenvalue weighted by atomic mass is 32.1. The van der Waals surface area contributed by atoms with Crippen molar-refractivity contribution in [1.29, 1.82) is 0 Å². The Morgan fingerprint density at radius 3 is 2.42 bits per heavy atom. The summed E-state index contributed by atoms with van der Waals surface area (Å²) in [5, 5.41) is 4.03. The first-order valence-electron chi connectivity index (χ1n) is 11.1. The zero-order valence-electron chi connectivity index (χ0n) is 19.8. The number of ether oxygens (including phenoxy) is 1. The third-order valence-corrected chi connectivity index (χ3v) is 6.99. The van der Waals surface area contributed by atoms with Crippen LogP contribution in [0.1, 0.15) is 18.1 Å². The molecule has 3 aromatic rings. The molecule has 1 N–H and O–H groups in total. The quantitative estimate of drug-likeness (QED) is 0.426. The average Bonchev–Trinajstić information content (AvgIpc) is 3.32. The van der Waals surface area contributed by atoms with Gasteiger partial charge in [-0.05, 0) is 29.3 Å². The topological polar surface area (TPSA) is 71.5 Å². The van der Waals surface area contributed by atoms with E-state index in [9.17, 15) is 9.59 Å². The maximum absolute atomic E-state index is 13.7. The summed E-state index contributed by atoms with van der Waals surface area (Å²) in [4.78, 5) is 31.8. The Morgan fingerprint density at radius 1 is 1.15 bits per heavy atom. The smallest absolute Gasteiger partial charge is 0.303 e. The van der Waals surface area contributed by atoms with Crippen LogP contribution in [-0.4, -0.2) is 68.2 Å². The van der Waals surface area contributed by atoms with Gasteiger partial charge in [-0.2, -0.15) is 0 Å². The molecule has 0 unspecified atom stereocenters. The van der Waals surface area contributed by atoms with Gasteiger partial charge in [-0.25, -0.2) is 4.98 Å². The monoisotopic (exact) mass is 467 g/mol. The number of nitrogens with zero attached hydrogens (tertiary/aromatic N) is 3. The Balaban J connectivity index is 1.56. The van der Waals surface area contributed by atoms with Crippen molar-refractivity contribution in [2.45, 2.75) is 25.4 Å². The first kappa shape index (κ1) is 23.2. The average molecular weight is 468 g/mol. The number of nitrogens with one attached hydrogen (secondary N) is 1. The van der Waals surface area contributed by atoms with E-state index >= 15 is 0 Å². The van der Waals surface area contributed by atoms with E-state index in [0.29, 0.717) is 18.0 Å². The minimum Gasteiger partial charge on any atom is -0.448 e. The predicted molar refractivity (Wildman–Crippen MR) is 133 cm³/mol. The molecule has 1 aliphatic rings. The van der Waals surface area contributed by atoms with E-state index in [1.54, 1.807) is 7.05 Å². The second-order valence-corrected chi connectivity index (χ2v) is 10.7. The molecule has 0 atom stereocenters. The SMILES string of the molecule is CC(=O)OC1(C(=O)N(C)c2nc3cc(NCC[N+](C)(C)C)ccc3s2)Cc2ccccc2C1. The fourth-order valence-electron chi connectivity index (χ4n) is 4.22. The number of aromatic nitrogens is 1. The zero-order chi connectivity index (χ0) is 23.8. The van der Waals surface area contributed by atoms with Crippen molar-refractivity contribution >= 4 is 44.2 Å². The summed E-state index contributed by atoms with van der Waals surface area (Å²) < 4.78 is 7.57. The van der Waals surface area contributed by atoms with Crippen LogP contribution in [0.2, 0.25) is 0 Å². The van der Waals surface area contributed by atoms with Crippen molar-refractivity contribution in [3.05, 3.63) is 53.6 Å². The van der Waals surface area contributed by atoms with Gasteiger partial charge in [0.2, 0.25) is 0 Å². The number of hydrogen-bond acceptors (Lipinski definition) is 6. The van der Waals surface area contributed by atoms with Crippen molar-refractivity contribution in [2.75, 3.05) is 51.5 Å². The summed E-state index contributed by atoms with van der Waals surface area (Å²) in [5.41, 5.74) is 2.68. The molecule has 1 aromatic heterocycles. The molecule has 0 saturated heterocycles. The van der Waals surface area contributed by atoms with Crippen LogP contribution < -0.4 is 10.2 Å². The molecule has 1 amide bonds. The van der Waals surface area contributed by atoms with E-state index in [2.05, 4.69) is 26.5 Å². The van der Waals surface area contributed by atoms with Crippen LogP contribution in [0, 0.1) is 0 Å². The highest BCUT2D eigenvalue weighted by Gasteiger charge is 2.49. The molecule has 2 aromatic carbocycles. The highest BCUT2D eigenvalue weighted by molar-refractivity contribution is 7.22. The molecule has 1 heterocycles. The molecular weight excluding hydrogens is 436 g/mol. The number of benzene rings is 2. The number of likely N-dealkylation sites (N-methyl/N-ethyl adjacent to an activating group) is 2. The maximum atomic E-state index is 13.7. The van der Waals surface area contributed by atoms with Crippen molar-refractivity contribution < 1.29 is 18.8 Å². The number of hydrogen-bond donors (Lipinski definition) is 1. The Labute approximate surface area is 198 Å². The summed E-state index contributed by atoms with van der Waals surface area (Å²) in [7, 11) is 8.19. The lowest BCUT2D eigenvalue weighted by Gasteiger charge is -2.30. The number of amides is 1. The van der Waals surface area contributed by atoms with Crippen molar-refractivity contribution in [2.24, 2.45) is 0 Å². The normalized spacial score (nSPS) is 14.7. The number of carbonyl (C=O) groups is 2. The molecule has 8 heteroatoms. The number of rotatable bonds is 7. The van der Waals surface area contributed by atoms with E-state index in [-0.39, 0.29) is 5.91 Å². The summed E-state index contributed by atoms with van der Waals surface area (Å²) in [6.07, 6.45) is 0.744. The van der Waals surface area contributed by atoms with Crippen LogP contribution in [0.3, 0.4) is 0 Å². The molecule has 7 nitrogen and oxygen atoms in total. The standard InChI is InChI=1S/C25H31N4O3S/c1-17(30)32-25(15-18-8-6-7-9-19(18)16-25)23(31)28(2)24-27-21-14-20(10-11-22(21)33-24)26-12-13-29(3,4)5/h6-11,14,26H,12-13,15-16H2,1-5H3/q+1. The summed E-state index contributed by atoms with van der Waals surface area (Å²) in [5.74, 6) is -0.715. The van der Waals surface area contributed by atoms with Gasteiger partial charge in [0.05, 0.1) is 44.4 Å². The van der Waals surface area contributed by atoms with E-state index in [4.69, 9.17) is 9.72 Å². The Morgan fingerprint density at radius 2 is 1.82 bits per heavy atom. The van der Waals surface area contributed by atoms with E-state index in [1.807, 2.05) is 42.5 Å². The molecule has 174 valence electrons. The van der Waals surface area contributed by atoms with Gasteiger partial charge in [-0.1, -0.05) is 35.6 Å². The van der Waals surface area contributed by atoms with Gasteiger partial charge in [0.25, 0.3) is 5.91 Å². The van der Waals surface area contributed by atoms with Crippen molar-refractivity contribution in [3.8, 4) is 0 Å². The molecule has 33 heavy (non-hydrogen) atoms. The van der Waals surface area contributed by atoms with Crippen LogP contribution in [0.4, 0.5) is 10.8 Å². The third-order valence-electron chi connectivity index (χ3n) is 5.88. The fraction of sp³-hybridized carbons (Fsp3) is 0.400. The Kier molecular flexibility index (Phi) is 6.16. The van der Waals surface area contributed by atoms with Gasteiger partial charge in [0.1, 0.15) is 0 Å². The molecule has 1 aliphatic carbocycles. The number of carbonyl (C=O) groups excluding carboxylic acids is 2. The van der Waals surface area contributed by atoms with Gasteiger partial charge in [-0.3, -0.25) is 14.5 Å². The molecular formula is C25H31N4O3S+. The minimum absolute atomic E-state index is 0.255. The van der Waals surface area contributed by atoms with Crippen LogP contribution >= 0.6 is 11.3 Å².